The Kier molecular flexibility index (Phi) is 9.91. The molecule has 2 fully saturated rings. The molecule has 7 nitrogen and oxygen atoms in total. The van der Waals surface area contributed by atoms with Crippen LogP contribution in [0.2, 0.25) is 10.0 Å². The standard InChI is InChI=1S/C29H35Cl2N3O4/c1-2-38-29(37)34-17-13-23(14-18-34)28(36)32-25-8-4-20(5-9-25)21-11-15-33(16-12-21)27(35)10-6-22-3-7-24(30)19-26(22)31/h3-5,7-9,19,21,23H,2,6,10-18H2,1H3,(H,32,36). The average molecular weight is 561 g/mol. The number of anilines is 1. The maximum atomic E-state index is 12.7. The second-order valence-corrected chi connectivity index (χ2v) is 10.8. The lowest BCUT2D eigenvalue weighted by Crippen LogP contribution is -2.41. The Bertz CT molecular complexity index is 1130. The van der Waals surface area contributed by atoms with Crippen LogP contribution in [0.5, 0.6) is 0 Å². The number of hydrogen-bond donors (Lipinski definition) is 1. The molecule has 2 saturated heterocycles. The fraction of sp³-hybridized carbons (Fsp3) is 0.483. The number of ether oxygens (including phenoxy) is 1. The van der Waals surface area contributed by atoms with E-state index in [4.69, 9.17) is 27.9 Å². The van der Waals surface area contributed by atoms with Crippen molar-refractivity contribution in [3.8, 4) is 0 Å². The second-order valence-electron chi connectivity index (χ2n) is 9.96. The van der Waals surface area contributed by atoms with Gasteiger partial charge in [0.2, 0.25) is 11.8 Å². The number of aryl methyl sites for hydroxylation is 1. The van der Waals surface area contributed by atoms with Crippen LogP contribution in [0.15, 0.2) is 42.5 Å². The number of rotatable bonds is 7. The Morgan fingerprint density at radius 3 is 2.21 bits per heavy atom. The highest BCUT2D eigenvalue weighted by Gasteiger charge is 2.28. The van der Waals surface area contributed by atoms with E-state index in [1.165, 1.54) is 5.56 Å². The number of amides is 3. The summed E-state index contributed by atoms with van der Waals surface area (Å²) in [6.45, 7) is 4.68. The number of halogens is 2. The van der Waals surface area contributed by atoms with Crippen LogP contribution in [-0.2, 0) is 20.7 Å². The van der Waals surface area contributed by atoms with Crippen LogP contribution in [0.4, 0.5) is 10.5 Å². The van der Waals surface area contributed by atoms with E-state index in [0.29, 0.717) is 61.3 Å². The minimum Gasteiger partial charge on any atom is -0.450 e. The Hall–Kier alpha value is -2.77. The quantitative estimate of drug-likeness (QED) is 0.442. The summed E-state index contributed by atoms with van der Waals surface area (Å²) in [5, 5.41) is 4.22. The van der Waals surface area contributed by atoms with Gasteiger partial charge in [-0.2, -0.15) is 0 Å². The number of piperidine rings is 2. The summed E-state index contributed by atoms with van der Waals surface area (Å²) in [5.41, 5.74) is 2.94. The minimum atomic E-state index is -0.306. The molecule has 2 aliphatic heterocycles. The smallest absolute Gasteiger partial charge is 0.409 e. The third kappa shape index (κ3) is 7.41. The van der Waals surface area contributed by atoms with Crippen LogP contribution in [0, 0.1) is 5.92 Å². The van der Waals surface area contributed by atoms with Crippen molar-refractivity contribution in [3.63, 3.8) is 0 Å². The summed E-state index contributed by atoms with van der Waals surface area (Å²) < 4.78 is 5.05. The molecule has 0 spiro atoms. The van der Waals surface area contributed by atoms with Gasteiger partial charge < -0.3 is 19.9 Å². The number of benzene rings is 2. The van der Waals surface area contributed by atoms with E-state index in [0.717, 1.165) is 37.2 Å². The van der Waals surface area contributed by atoms with E-state index in [-0.39, 0.29) is 23.8 Å². The monoisotopic (exact) mass is 559 g/mol. The van der Waals surface area contributed by atoms with Gasteiger partial charge in [-0.15, -0.1) is 0 Å². The molecule has 2 aromatic rings. The van der Waals surface area contributed by atoms with Crippen LogP contribution < -0.4 is 5.32 Å². The average Bonchev–Trinajstić information content (AvgIpc) is 2.93. The molecular formula is C29H35Cl2N3O4. The number of hydrogen-bond acceptors (Lipinski definition) is 4. The molecule has 38 heavy (non-hydrogen) atoms. The molecule has 0 radical (unpaired) electrons. The Morgan fingerprint density at radius 2 is 1.58 bits per heavy atom. The first kappa shape index (κ1) is 28.2. The second kappa shape index (κ2) is 13.3. The lowest BCUT2D eigenvalue weighted by atomic mass is 9.89. The highest BCUT2D eigenvalue weighted by molar-refractivity contribution is 6.35. The number of carbonyl (C=O) groups is 3. The predicted molar refractivity (Wildman–Crippen MR) is 150 cm³/mol. The maximum absolute atomic E-state index is 12.7. The summed E-state index contributed by atoms with van der Waals surface area (Å²) in [6, 6.07) is 13.4. The molecule has 2 aromatic carbocycles. The molecule has 0 unspecified atom stereocenters. The van der Waals surface area contributed by atoms with Crippen molar-refractivity contribution in [2.75, 3.05) is 38.1 Å². The minimum absolute atomic E-state index is 0.00651. The normalized spacial score (nSPS) is 16.8. The van der Waals surface area contributed by atoms with E-state index < -0.39 is 0 Å². The van der Waals surface area contributed by atoms with Crippen LogP contribution in [0.1, 0.15) is 56.1 Å². The molecular weight excluding hydrogens is 525 g/mol. The van der Waals surface area contributed by atoms with Crippen molar-refractivity contribution in [2.24, 2.45) is 5.92 Å². The van der Waals surface area contributed by atoms with E-state index >= 15 is 0 Å². The molecule has 0 saturated carbocycles. The van der Waals surface area contributed by atoms with Crippen LogP contribution in [-0.4, -0.2) is 60.5 Å². The fourth-order valence-corrected chi connectivity index (χ4v) is 5.71. The molecule has 4 rings (SSSR count). The van der Waals surface area contributed by atoms with Gasteiger partial charge in [-0.1, -0.05) is 41.4 Å². The van der Waals surface area contributed by atoms with Crippen molar-refractivity contribution >= 4 is 46.8 Å². The van der Waals surface area contributed by atoms with Crippen molar-refractivity contribution in [1.29, 1.82) is 0 Å². The first-order valence-electron chi connectivity index (χ1n) is 13.4. The van der Waals surface area contributed by atoms with Crippen LogP contribution >= 0.6 is 23.2 Å². The lowest BCUT2D eigenvalue weighted by Gasteiger charge is -2.32. The van der Waals surface area contributed by atoms with Crippen molar-refractivity contribution in [1.82, 2.24) is 9.80 Å². The SMILES string of the molecule is CCOC(=O)N1CCC(C(=O)Nc2ccc(C3CCN(C(=O)CCc4ccc(Cl)cc4Cl)CC3)cc2)CC1. The summed E-state index contributed by atoms with van der Waals surface area (Å²) in [6.07, 6.45) is 3.82. The molecule has 2 heterocycles. The van der Waals surface area contributed by atoms with Crippen LogP contribution in [0.3, 0.4) is 0 Å². The van der Waals surface area contributed by atoms with Gasteiger partial charge >= 0.3 is 6.09 Å². The van der Waals surface area contributed by atoms with Gasteiger partial charge in [0.05, 0.1) is 6.61 Å². The zero-order chi connectivity index (χ0) is 27.1. The van der Waals surface area contributed by atoms with E-state index in [9.17, 15) is 14.4 Å². The van der Waals surface area contributed by atoms with Gasteiger partial charge in [0.1, 0.15) is 0 Å². The lowest BCUT2D eigenvalue weighted by molar-refractivity contribution is -0.132. The van der Waals surface area contributed by atoms with Gasteiger partial charge in [0.15, 0.2) is 0 Å². The first-order chi connectivity index (χ1) is 18.3. The third-order valence-corrected chi connectivity index (χ3v) is 8.10. The topological polar surface area (TPSA) is 79.0 Å². The Balaban J connectivity index is 1.20. The number of nitrogens with zero attached hydrogens (tertiary/aromatic N) is 2. The highest BCUT2D eigenvalue weighted by Crippen LogP contribution is 2.30. The predicted octanol–water partition coefficient (Wildman–Crippen LogP) is 6.14. The van der Waals surface area contributed by atoms with Crippen molar-refractivity contribution < 1.29 is 19.1 Å². The summed E-state index contributed by atoms with van der Waals surface area (Å²) in [5.74, 6) is 0.424. The van der Waals surface area contributed by atoms with Gasteiger partial charge in [0.25, 0.3) is 0 Å². The largest absolute Gasteiger partial charge is 0.450 e. The molecule has 0 aromatic heterocycles. The number of nitrogens with one attached hydrogen (secondary N) is 1. The van der Waals surface area contributed by atoms with Gasteiger partial charge in [0, 0.05) is 54.3 Å². The fourth-order valence-electron chi connectivity index (χ4n) is 5.21. The molecule has 2 aliphatic rings. The highest BCUT2D eigenvalue weighted by atomic mass is 35.5. The van der Waals surface area contributed by atoms with Crippen molar-refractivity contribution in [3.05, 3.63) is 63.6 Å². The van der Waals surface area contributed by atoms with E-state index in [1.807, 2.05) is 23.1 Å². The van der Waals surface area contributed by atoms with E-state index in [1.54, 1.807) is 24.0 Å². The van der Waals surface area contributed by atoms with Crippen molar-refractivity contribution in [2.45, 2.75) is 51.4 Å². The maximum Gasteiger partial charge on any atom is 0.409 e. The third-order valence-electron chi connectivity index (χ3n) is 7.51. The zero-order valence-electron chi connectivity index (χ0n) is 21.8. The number of likely N-dealkylation sites (tertiary alicyclic amines) is 2. The Morgan fingerprint density at radius 1 is 0.921 bits per heavy atom. The van der Waals surface area contributed by atoms with Gasteiger partial charge in [-0.3, -0.25) is 9.59 Å². The summed E-state index contributed by atoms with van der Waals surface area (Å²) >= 11 is 12.2. The van der Waals surface area contributed by atoms with Crippen LogP contribution in [0.25, 0.3) is 0 Å². The molecule has 0 aliphatic carbocycles. The molecule has 3 amide bonds. The molecule has 204 valence electrons. The van der Waals surface area contributed by atoms with Gasteiger partial charge in [-0.05, 0) is 80.3 Å². The first-order valence-corrected chi connectivity index (χ1v) is 14.1. The van der Waals surface area contributed by atoms with E-state index in [2.05, 4.69) is 17.4 Å². The summed E-state index contributed by atoms with van der Waals surface area (Å²) in [7, 11) is 0. The number of carbonyl (C=O) groups excluding carboxylic acids is 3. The molecule has 0 atom stereocenters. The molecule has 9 heteroatoms. The molecule has 1 N–H and O–H groups in total. The molecule has 0 bridgehead atoms. The zero-order valence-corrected chi connectivity index (χ0v) is 23.3. The van der Waals surface area contributed by atoms with Gasteiger partial charge in [-0.25, -0.2) is 4.79 Å². The Labute approximate surface area is 234 Å². The summed E-state index contributed by atoms with van der Waals surface area (Å²) in [4.78, 5) is 40.9.